The zero-order valence-electron chi connectivity index (χ0n) is 17.4. The molecule has 1 amide bonds. The van der Waals surface area contributed by atoms with Gasteiger partial charge in [-0.2, -0.15) is 0 Å². The van der Waals surface area contributed by atoms with Crippen molar-refractivity contribution in [1.29, 1.82) is 0 Å². The van der Waals surface area contributed by atoms with Crippen LogP contribution < -0.4 is 10.9 Å². The average molecular weight is 422 g/mol. The van der Waals surface area contributed by atoms with Gasteiger partial charge in [0, 0.05) is 11.6 Å². The third-order valence-electron chi connectivity index (χ3n) is 6.45. The van der Waals surface area contributed by atoms with Crippen molar-refractivity contribution in [2.45, 2.75) is 45.7 Å². The van der Waals surface area contributed by atoms with Crippen LogP contribution in [-0.4, -0.2) is 21.5 Å². The van der Waals surface area contributed by atoms with E-state index < -0.39 is 0 Å². The van der Waals surface area contributed by atoms with Gasteiger partial charge in [0.15, 0.2) is 4.77 Å². The van der Waals surface area contributed by atoms with Gasteiger partial charge < -0.3 is 10.3 Å². The molecular formula is C24H27N3O2S. The van der Waals surface area contributed by atoms with E-state index in [1.54, 1.807) is 22.8 Å². The first kappa shape index (κ1) is 20.5. The number of nitrogens with zero attached hydrogens (tertiary/aromatic N) is 1. The Bertz CT molecular complexity index is 1180. The number of aromatic amines is 1. The predicted octanol–water partition coefficient (Wildman–Crippen LogP) is 4.66. The lowest BCUT2D eigenvalue weighted by molar-refractivity contribution is 0.0891. The molecular weight excluding hydrogens is 394 g/mol. The molecule has 1 aromatic heterocycles. The summed E-state index contributed by atoms with van der Waals surface area (Å²) in [6.45, 7) is 4.87. The number of hydrogen-bond donors (Lipinski definition) is 2. The molecule has 0 aliphatic heterocycles. The zero-order chi connectivity index (χ0) is 21.3. The maximum Gasteiger partial charge on any atom is 0.262 e. The number of hydrogen-bond acceptors (Lipinski definition) is 3. The topological polar surface area (TPSA) is 66.9 Å². The largest absolute Gasteiger partial charge is 0.349 e. The van der Waals surface area contributed by atoms with Crippen LogP contribution in [0, 0.1) is 16.6 Å². The number of fused-ring (bicyclic) bond motifs is 1. The highest BCUT2D eigenvalue weighted by Crippen LogP contribution is 2.29. The van der Waals surface area contributed by atoms with Crippen LogP contribution in [0.25, 0.3) is 10.9 Å². The Morgan fingerprint density at radius 2 is 1.93 bits per heavy atom. The number of carbonyl (C=O) groups is 1. The Kier molecular flexibility index (Phi) is 5.86. The van der Waals surface area contributed by atoms with Crippen LogP contribution >= 0.6 is 12.2 Å². The van der Waals surface area contributed by atoms with Gasteiger partial charge in [0.1, 0.15) is 0 Å². The van der Waals surface area contributed by atoms with E-state index in [2.05, 4.69) is 24.1 Å². The molecule has 1 heterocycles. The molecule has 0 saturated heterocycles. The van der Waals surface area contributed by atoms with E-state index in [9.17, 15) is 9.59 Å². The summed E-state index contributed by atoms with van der Waals surface area (Å²) in [6.07, 6.45) is 3.37. The highest BCUT2D eigenvalue weighted by Gasteiger charge is 2.28. The quantitative estimate of drug-likeness (QED) is 0.602. The zero-order valence-corrected chi connectivity index (χ0v) is 18.2. The van der Waals surface area contributed by atoms with Gasteiger partial charge in [0.2, 0.25) is 0 Å². The van der Waals surface area contributed by atoms with Crippen LogP contribution in [0.15, 0.2) is 53.3 Å². The van der Waals surface area contributed by atoms with Crippen molar-refractivity contribution in [2.24, 2.45) is 11.8 Å². The van der Waals surface area contributed by atoms with Crippen molar-refractivity contribution in [3.63, 3.8) is 0 Å². The van der Waals surface area contributed by atoms with Gasteiger partial charge in [-0.15, -0.1) is 0 Å². The summed E-state index contributed by atoms with van der Waals surface area (Å²) in [7, 11) is 0. The van der Waals surface area contributed by atoms with Gasteiger partial charge in [0.25, 0.3) is 11.5 Å². The van der Waals surface area contributed by atoms with E-state index in [4.69, 9.17) is 12.2 Å². The molecule has 0 bridgehead atoms. The second-order valence-electron chi connectivity index (χ2n) is 8.41. The van der Waals surface area contributed by atoms with Crippen molar-refractivity contribution in [1.82, 2.24) is 14.9 Å². The van der Waals surface area contributed by atoms with Crippen molar-refractivity contribution >= 4 is 29.0 Å². The third-order valence-corrected chi connectivity index (χ3v) is 6.77. The summed E-state index contributed by atoms with van der Waals surface area (Å²) in [4.78, 5) is 29.0. The minimum absolute atomic E-state index is 0.101. The fourth-order valence-electron chi connectivity index (χ4n) is 4.34. The van der Waals surface area contributed by atoms with Crippen LogP contribution in [0.5, 0.6) is 0 Å². The summed E-state index contributed by atoms with van der Waals surface area (Å²) in [6, 6.07) is 15.1. The Balaban J connectivity index is 1.62. The molecule has 5 nitrogen and oxygen atoms in total. The minimum Gasteiger partial charge on any atom is -0.349 e. The molecule has 1 aliphatic carbocycles. The number of benzene rings is 2. The molecule has 30 heavy (non-hydrogen) atoms. The molecule has 156 valence electrons. The Morgan fingerprint density at radius 3 is 2.70 bits per heavy atom. The van der Waals surface area contributed by atoms with Crippen molar-refractivity contribution in [3.05, 3.63) is 74.8 Å². The lowest BCUT2D eigenvalue weighted by Crippen LogP contribution is -2.43. The van der Waals surface area contributed by atoms with E-state index in [1.807, 2.05) is 30.3 Å². The monoisotopic (exact) mass is 421 g/mol. The van der Waals surface area contributed by atoms with E-state index in [-0.39, 0.29) is 17.5 Å². The Morgan fingerprint density at radius 1 is 1.17 bits per heavy atom. The Hall–Kier alpha value is -2.73. The SMILES string of the molecule is C[C@@H]1[C@H](C)CCC[C@H]1NC(=O)c1ccc2c(=O)n(Cc3ccccc3)c(=S)[nH]c2c1. The highest BCUT2D eigenvalue weighted by molar-refractivity contribution is 7.71. The molecule has 2 aromatic carbocycles. The van der Waals surface area contributed by atoms with E-state index >= 15 is 0 Å². The first-order valence-electron chi connectivity index (χ1n) is 10.6. The summed E-state index contributed by atoms with van der Waals surface area (Å²) >= 11 is 5.44. The van der Waals surface area contributed by atoms with Gasteiger partial charge in [-0.25, -0.2) is 0 Å². The predicted molar refractivity (Wildman–Crippen MR) is 122 cm³/mol. The molecule has 3 aromatic rings. The summed E-state index contributed by atoms with van der Waals surface area (Å²) < 4.78 is 1.90. The van der Waals surface area contributed by atoms with Crippen LogP contribution in [0.3, 0.4) is 0 Å². The van der Waals surface area contributed by atoms with Crippen molar-refractivity contribution in [2.75, 3.05) is 0 Å². The molecule has 0 unspecified atom stereocenters. The second kappa shape index (κ2) is 8.56. The van der Waals surface area contributed by atoms with Gasteiger partial charge >= 0.3 is 0 Å². The molecule has 3 atom stereocenters. The van der Waals surface area contributed by atoms with Crippen LogP contribution in [0.4, 0.5) is 0 Å². The smallest absolute Gasteiger partial charge is 0.262 e. The molecule has 4 rings (SSSR count). The summed E-state index contributed by atoms with van der Waals surface area (Å²) in [5.74, 6) is 0.967. The molecule has 1 aliphatic rings. The second-order valence-corrected chi connectivity index (χ2v) is 8.80. The number of aromatic nitrogens is 2. The van der Waals surface area contributed by atoms with Crippen molar-refractivity contribution < 1.29 is 4.79 Å². The van der Waals surface area contributed by atoms with E-state index in [0.29, 0.717) is 39.6 Å². The maximum absolute atomic E-state index is 13.0. The molecule has 0 radical (unpaired) electrons. The number of nitrogens with one attached hydrogen (secondary N) is 2. The van der Waals surface area contributed by atoms with Gasteiger partial charge in [-0.1, -0.05) is 57.0 Å². The Labute approximate surface area is 181 Å². The third kappa shape index (κ3) is 4.10. The van der Waals surface area contributed by atoms with Gasteiger partial charge in [0.05, 0.1) is 17.4 Å². The lowest BCUT2D eigenvalue weighted by atomic mass is 9.78. The first-order valence-corrected chi connectivity index (χ1v) is 11.0. The lowest BCUT2D eigenvalue weighted by Gasteiger charge is -2.34. The fraction of sp³-hybridized carbons (Fsp3) is 0.375. The standard InChI is InChI=1S/C24H27N3O2S/c1-15-7-6-10-20(16(15)2)25-22(28)18-11-12-19-21(13-18)26-24(30)27(23(19)29)14-17-8-4-3-5-9-17/h3-5,8-9,11-13,15-16,20H,6-7,10,14H2,1-2H3,(H,25,28)(H,26,30)/t15-,16-,20-/m1/s1. The fourth-order valence-corrected chi connectivity index (χ4v) is 4.60. The summed E-state index contributed by atoms with van der Waals surface area (Å²) in [5.41, 5.74) is 1.98. The number of carbonyl (C=O) groups excluding carboxylic acids is 1. The van der Waals surface area contributed by atoms with Crippen LogP contribution in [0.1, 0.15) is 49.0 Å². The van der Waals surface area contributed by atoms with E-state index in [1.165, 1.54) is 6.42 Å². The summed E-state index contributed by atoms with van der Waals surface area (Å²) in [5, 5.41) is 3.71. The van der Waals surface area contributed by atoms with E-state index in [0.717, 1.165) is 18.4 Å². The molecule has 6 heteroatoms. The first-order chi connectivity index (χ1) is 14.4. The maximum atomic E-state index is 13.0. The minimum atomic E-state index is -0.153. The molecule has 1 saturated carbocycles. The van der Waals surface area contributed by atoms with Crippen LogP contribution in [0.2, 0.25) is 0 Å². The number of H-pyrrole nitrogens is 1. The molecule has 0 spiro atoms. The number of amides is 1. The molecule has 1 fully saturated rings. The highest BCUT2D eigenvalue weighted by atomic mass is 32.1. The van der Waals surface area contributed by atoms with Gasteiger partial charge in [-0.3, -0.25) is 14.2 Å². The molecule has 2 N–H and O–H groups in total. The van der Waals surface area contributed by atoms with Crippen LogP contribution in [-0.2, 0) is 6.54 Å². The van der Waals surface area contributed by atoms with Gasteiger partial charge in [-0.05, 0) is 54.2 Å². The average Bonchev–Trinajstić information content (AvgIpc) is 2.74. The normalized spacial score (nSPS) is 21.5. The number of rotatable bonds is 4. The van der Waals surface area contributed by atoms with Crippen molar-refractivity contribution in [3.8, 4) is 0 Å².